The van der Waals surface area contributed by atoms with E-state index in [0.29, 0.717) is 34.9 Å². The highest BCUT2D eigenvalue weighted by molar-refractivity contribution is 6.31. The molecule has 0 saturated carbocycles. The van der Waals surface area contributed by atoms with Crippen molar-refractivity contribution in [1.29, 1.82) is 0 Å². The first-order valence-corrected chi connectivity index (χ1v) is 10.4. The average molecular weight is 426 g/mol. The molecule has 0 fully saturated rings. The maximum Gasteiger partial charge on any atom is 0.232 e. The number of benzene rings is 2. The van der Waals surface area contributed by atoms with Crippen LogP contribution < -0.4 is 14.4 Å². The van der Waals surface area contributed by atoms with Crippen molar-refractivity contribution in [3.8, 4) is 11.5 Å². The van der Waals surface area contributed by atoms with E-state index < -0.39 is 0 Å². The Bertz CT molecular complexity index is 1060. The van der Waals surface area contributed by atoms with E-state index in [0.717, 1.165) is 28.9 Å². The molecule has 0 saturated heterocycles. The molecule has 6 heteroatoms. The van der Waals surface area contributed by atoms with Crippen LogP contribution in [0.15, 0.2) is 47.7 Å². The molecule has 1 heterocycles. The van der Waals surface area contributed by atoms with Gasteiger partial charge < -0.3 is 9.47 Å². The Balaban J connectivity index is 1.92. The number of hydrogen-bond acceptors (Lipinski definition) is 4. The summed E-state index contributed by atoms with van der Waals surface area (Å²) >= 11 is 6.33. The molecule has 0 spiro atoms. The summed E-state index contributed by atoms with van der Waals surface area (Å²) in [5.74, 6) is 0.982. The van der Waals surface area contributed by atoms with Gasteiger partial charge in [0.2, 0.25) is 5.91 Å². The van der Waals surface area contributed by atoms with E-state index in [1.807, 2.05) is 37.3 Å². The first-order valence-electron chi connectivity index (χ1n) is 10.0. The van der Waals surface area contributed by atoms with Crippen LogP contribution in [0.25, 0.3) is 0 Å². The smallest absolute Gasteiger partial charge is 0.232 e. The summed E-state index contributed by atoms with van der Waals surface area (Å²) in [5.41, 5.74) is 3.85. The number of amides is 1. The quantitative estimate of drug-likeness (QED) is 0.676. The highest BCUT2D eigenvalue weighted by Gasteiger charge is 2.41. The minimum atomic E-state index is -0.360. The summed E-state index contributed by atoms with van der Waals surface area (Å²) in [6, 6.07) is 11.0. The summed E-state index contributed by atoms with van der Waals surface area (Å²) in [5, 5.41) is 0.598. The van der Waals surface area contributed by atoms with Gasteiger partial charge in [-0.1, -0.05) is 17.7 Å². The Morgan fingerprint density at radius 1 is 1.07 bits per heavy atom. The van der Waals surface area contributed by atoms with Gasteiger partial charge in [0, 0.05) is 40.6 Å². The molecule has 1 aliphatic heterocycles. The zero-order valence-electron chi connectivity index (χ0n) is 17.3. The number of nitrogens with zero attached hydrogens (tertiary/aromatic N) is 1. The highest BCUT2D eigenvalue weighted by atomic mass is 35.5. The van der Waals surface area contributed by atoms with Gasteiger partial charge in [-0.05, 0) is 55.7 Å². The third kappa shape index (κ3) is 3.37. The average Bonchev–Trinajstić information content (AvgIpc) is 2.75. The number of ether oxygens (including phenoxy) is 2. The molecule has 30 heavy (non-hydrogen) atoms. The molecule has 0 radical (unpaired) electrons. The predicted molar refractivity (Wildman–Crippen MR) is 116 cm³/mol. The Morgan fingerprint density at radius 2 is 1.87 bits per heavy atom. The summed E-state index contributed by atoms with van der Waals surface area (Å²) in [6.45, 7) is 1.90. The van der Waals surface area contributed by atoms with Crippen LogP contribution in [0.2, 0.25) is 5.02 Å². The molecule has 2 aromatic carbocycles. The molecule has 0 bridgehead atoms. The maximum atomic E-state index is 13.4. The lowest BCUT2D eigenvalue weighted by Gasteiger charge is -2.39. The van der Waals surface area contributed by atoms with Gasteiger partial charge in [0.1, 0.15) is 11.5 Å². The summed E-state index contributed by atoms with van der Waals surface area (Å²) in [7, 11) is 3.19. The van der Waals surface area contributed by atoms with Crippen molar-refractivity contribution in [1.82, 2.24) is 0 Å². The third-order valence-corrected chi connectivity index (χ3v) is 6.38. The second-order valence-electron chi connectivity index (χ2n) is 7.61. The molecule has 2 aromatic rings. The normalized spacial score (nSPS) is 19.1. The molecule has 2 aliphatic rings. The molecular weight excluding hydrogens is 402 g/mol. The first-order chi connectivity index (χ1) is 14.5. The van der Waals surface area contributed by atoms with E-state index in [1.54, 1.807) is 25.2 Å². The van der Waals surface area contributed by atoms with Gasteiger partial charge in [0.15, 0.2) is 5.78 Å². The molecule has 1 aliphatic carbocycles. The van der Waals surface area contributed by atoms with Gasteiger partial charge >= 0.3 is 0 Å². The van der Waals surface area contributed by atoms with Gasteiger partial charge in [-0.2, -0.15) is 0 Å². The van der Waals surface area contributed by atoms with E-state index in [1.165, 1.54) is 0 Å². The zero-order chi connectivity index (χ0) is 21.4. The summed E-state index contributed by atoms with van der Waals surface area (Å²) in [4.78, 5) is 28.2. The van der Waals surface area contributed by atoms with E-state index in [2.05, 4.69) is 0 Å². The fraction of sp³-hybridized carbons (Fsp3) is 0.333. The Labute approximate surface area is 181 Å². The van der Waals surface area contributed by atoms with Gasteiger partial charge in [-0.15, -0.1) is 0 Å². The number of hydrogen-bond donors (Lipinski definition) is 0. The Morgan fingerprint density at radius 3 is 2.60 bits per heavy atom. The zero-order valence-corrected chi connectivity index (χ0v) is 18.1. The van der Waals surface area contributed by atoms with Gasteiger partial charge in [0.05, 0.1) is 19.9 Å². The first kappa shape index (κ1) is 20.5. The maximum absolute atomic E-state index is 13.4. The van der Waals surface area contributed by atoms with Gasteiger partial charge in [0.25, 0.3) is 0 Å². The van der Waals surface area contributed by atoms with Gasteiger partial charge in [-0.25, -0.2) is 0 Å². The third-order valence-electron chi connectivity index (χ3n) is 5.97. The molecular formula is C24H24ClNO4. The lowest BCUT2D eigenvalue weighted by Crippen LogP contribution is -2.41. The molecule has 4 rings (SSSR count). The second-order valence-corrected chi connectivity index (χ2v) is 8.02. The van der Waals surface area contributed by atoms with Crippen molar-refractivity contribution in [2.75, 3.05) is 19.1 Å². The summed E-state index contributed by atoms with van der Waals surface area (Å²) in [6.07, 6.45) is 2.06. The van der Waals surface area contributed by atoms with Crippen LogP contribution in [-0.2, 0) is 9.59 Å². The molecule has 0 aromatic heterocycles. The number of carbonyl (C=O) groups excluding carboxylic acids is 2. The lowest BCUT2D eigenvalue weighted by atomic mass is 9.76. The van der Waals surface area contributed by atoms with E-state index in [9.17, 15) is 9.59 Å². The van der Waals surface area contributed by atoms with Crippen molar-refractivity contribution in [2.45, 2.75) is 38.5 Å². The second kappa shape index (κ2) is 8.15. The number of carbonyl (C=O) groups is 2. The van der Waals surface area contributed by atoms with E-state index in [-0.39, 0.29) is 24.0 Å². The molecule has 156 valence electrons. The minimum absolute atomic E-state index is 0.0521. The monoisotopic (exact) mass is 425 g/mol. The predicted octanol–water partition coefficient (Wildman–Crippen LogP) is 5.19. The van der Waals surface area contributed by atoms with Crippen LogP contribution in [0.4, 0.5) is 5.69 Å². The van der Waals surface area contributed by atoms with E-state index in [4.69, 9.17) is 21.1 Å². The van der Waals surface area contributed by atoms with Crippen LogP contribution >= 0.6 is 11.6 Å². The van der Waals surface area contributed by atoms with E-state index >= 15 is 0 Å². The molecule has 1 unspecified atom stereocenters. The molecule has 0 N–H and O–H groups in total. The van der Waals surface area contributed by atoms with Crippen molar-refractivity contribution in [2.24, 2.45) is 0 Å². The topological polar surface area (TPSA) is 55.8 Å². The Hall–Kier alpha value is -2.79. The van der Waals surface area contributed by atoms with Crippen LogP contribution in [0.1, 0.15) is 42.7 Å². The number of methoxy groups -OCH3 is 2. The standard InChI is InChI=1S/C24H24ClNO4/c1-14-18(25)6-4-7-19(14)26-20-8-5-9-21(27)24(20)17(13-23(26)28)16-12-15(29-2)10-11-22(16)30-3/h4,6-7,10-12,17H,5,8-9,13H2,1-3H3. The fourth-order valence-electron chi connectivity index (χ4n) is 4.49. The minimum Gasteiger partial charge on any atom is -0.497 e. The highest BCUT2D eigenvalue weighted by Crippen LogP contribution is 2.47. The lowest BCUT2D eigenvalue weighted by molar-refractivity contribution is -0.119. The molecule has 1 atom stereocenters. The number of allylic oxidation sites excluding steroid dienone is 2. The number of Topliss-reactive ketones (excluding diaryl/α,β-unsaturated/α-hetero) is 1. The largest absolute Gasteiger partial charge is 0.497 e. The van der Waals surface area contributed by atoms with Crippen molar-refractivity contribution < 1.29 is 19.1 Å². The Kier molecular flexibility index (Phi) is 5.56. The van der Waals surface area contributed by atoms with Crippen molar-refractivity contribution >= 4 is 29.0 Å². The van der Waals surface area contributed by atoms with Crippen LogP contribution in [0.5, 0.6) is 11.5 Å². The number of rotatable bonds is 4. The van der Waals surface area contributed by atoms with Crippen molar-refractivity contribution in [3.05, 3.63) is 63.8 Å². The van der Waals surface area contributed by atoms with Crippen LogP contribution in [0.3, 0.4) is 0 Å². The fourth-order valence-corrected chi connectivity index (χ4v) is 4.66. The number of halogens is 1. The SMILES string of the molecule is COc1ccc(OC)c(C2CC(=O)N(c3cccc(Cl)c3C)C3=C2C(=O)CCC3)c1. The molecule has 5 nitrogen and oxygen atoms in total. The molecule has 1 amide bonds. The number of anilines is 1. The van der Waals surface area contributed by atoms with Crippen LogP contribution in [0, 0.1) is 6.92 Å². The van der Waals surface area contributed by atoms with Crippen molar-refractivity contribution in [3.63, 3.8) is 0 Å². The van der Waals surface area contributed by atoms with Gasteiger partial charge in [-0.3, -0.25) is 14.5 Å². The number of ketones is 1. The van der Waals surface area contributed by atoms with Crippen LogP contribution in [-0.4, -0.2) is 25.9 Å². The summed E-state index contributed by atoms with van der Waals surface area (Å²) < 4.78 is 11.0.